The van der Waals surface area contributed by atoms with Gasteiger partial charge >= 0.3 is 0 Å². The minimum Gasteiger partial charge on any atom is -0.320 e. The first-order valence-corrected chi connectivity index (χ1v) is 10.7. The molecule has 0 fully saturated rings. The maximum atomic E-state index is 13.2. The third-order valence-electron chi connectivity index (χ3n) is 4.12. The Bertz CT molecular complexity index is 1200. The maximum Gasteiger partial charge on any atom is 0.272 e. The van der Waals surface area contributed by atoms with Gasteiger partial charge in [-0.25, -0.2) is 4.98 Å². The lowest BCUT2D eigenvalue weighted by Gasteiger charge is -2.16. The highest BCUT2D eigenvalue weighted by atomic mass is 127. The molecule has 1 aromatic carbocycles. The molecule has 11 heteroatoms. The number of amides is 3. The SMILES string of the molecule is CC(=O)NNC(=O)c1cc(Cl)cc(C)c1NC(=O)c1cc(I)cn1-c1ncccc1Cl. The molecule has 0 spiro atoms. The number of rotatable bonds is 4. The van der Waals surface area contributed by atoms with Crippen LogP contribution in [0.15, 0.2) is 42.7 Å². The first-order chi connectivity index (χ1) is 14.7. The number of halogens is 3. The second kappa shape index (κ2) is 9.67. The van der Waals surface area contributed by atoms with Crippen LogP contribution in [0.5, 0.6) is 0 Å². The molecule has 2 heterocycles. The number of hydrogen-bond donors (Lipinski definition) is 3. The lowest BCUT2D eigenvalue weighted by molar-refractivity contribution is -0.119. The van der Waals surface area contributed by atoms with Gasteiger partial charge in [0.1, 0.15) is 5.69 Å². The van der Waals surface area contributed by atoms with Gasteiger partial charge in [-0.2, -0.15) is 0 Å². The van der Waals surface area contributed by atoms with E-state index in [1.807, 2.05) is 0 Å². The number of aromatic nitrogens is 2. The standard InChI is InChI=1S/C20H16Cl2IN5O3/c1-10-6-12(21)7-14(19(30)27-26-11(2)29)17(10)25-20(31)16-8-13(23)9-28(16)18-15(22)4-3-5-24-18/h3-9H,1-2H3,(H,25,31)(H,26,29)(H,27,30). The molecule has 0 saturated heterocycles. The topological polar surface area (TPSA) is 105 Å². The van der Waals surface area contributed by atoms with Gasteiger partial charge in [-0.1, -0.05) is 23.2 Å². The number of nitrogens with one attached hydrogen (secondary N) is 3. The Morgan fingerprint density at radius 3 is 2.52 bits per heavy atom. The molecular formula is C20H16Cl2IN5O3. The molecular weight excluding hydrogens is 556 g/mol. The molecule has 0 unspecified atom stereocenters. The number of carbonyl (C=O) groups is 3. The summed E-state index contributed by atoms with van der Waals surface area (Å²) in [6, 6.07) is 8.05. The predicted molar refractivity (Wildman–Crippen MR) is 127 cm³/mol. The molecule has 3 rings (SSSR count). The van der Waals surface area contributed by atoms with Gasteiger partial charge in [0.25, 0.3) is 11.8 Å². The van der Waals surface area contributed by atoms with Gasteiger partial charge in [-0.3, -0.25) is 29.8 Å². The molecule has 8 nitrogen and oxygen atoms in total. The van der Waals surface area contributed by atoms with E-state index in [1.165, 1.54) is 13.0 Å². The number of aryl methyl sites for hydroxylation is 1. The number of benzene rings is 1. The number of pyridine rings is 1. The summed E-state index contributed by atoms with van der Waals surface area (Å²) in [6.07, 6.45) is 3.30. The van der Waals surface area contributed by atoms with Crippen molar-refractivity contribution in [2.75, 3.05) is 5.32 Å². The monoisotopic (exact) mass is 571 g/mol. The van der Waals surface area contributed by atoms with E-state index in [-0.39, 0.29) is 16.9 Å². The zero-order chi connectivity index (χ0) is 22.7. The van der Waals surface area contributed by atoms with Gasteiger partial charge in [0.05, 0.1) is 16.3 Å². The van der Waals surface area contributed by atoms with Gasteiger partial charge in [-0.05, 0) is 65.4 Å². The number of carbonyl (C=O) groups excluding carboxylic acids is 3. The number of hydrazine groups is 1. The largest absolute Gasteiger partial charge is 0.320 e. The van der Waals surface area contributed by atoms with Crippen LogP contribution < -0.4 is 16.2 Å². The highest BCUT2D eigenvalue weighted by molar-refractivity contribution is 14.1. The minimum atomic E-state index is -0.631. The summed E-state index contributed by atoms with van der Waals surface area (Å²) in [7, 11) is 0. The first-order valence-electron chi connectivity index (χ1n) is 8.84. The van der Waals surface area contributed by atoms with Crippen LogP contribution in [-0.2, 0) is 4.79 Å². The average molecular weight is 572 g/mol. The van der Waals surface area contributed by atoms with Crippen LogP contribution in [0.25, 0.3) is 5.82 Å². The van der Waals surface area contributed by atoms with E-state index in [0.717, 1.165) is 3.57 Å². The molecule has 160 valence electrons. The second-order valence-electron chi connectivity index (χ2n) is 6.46. The van der Waals surface area contributed by atoms with Crippen molar-refractivity contribution in [3.8, 4) is 5.82 Å². The van der Waals surface area contributed by atoms with E-state index in [4.69, 9.17) is 23.2 Å². The van der Waals surface area contributed by atoms with Crippen molar-refractivity contribution >= 4 is 69.2 Å². The van der Waals surface area contributed by atoms with E-state index in [2.05, 4.69) is 43.7 Å². The molecule has 0 saturated carbocycles. The average Bonchev–Trinajstić information content (AvgIpc) is 3.09. The van der Waals surface area contributed by atoms with E-state index in [1.54, 1.807) is 48.1 Å². The van der Waals surface area contributed by atoms with Gasteiger partial charge in [0.15, 0.2) is 5.82 Å². The van der Waals surface area contributed by atoms with Gasteiger partial charge < -0.3 is 5.32 Å². The smallest absolute Gasteiger partial charge is 0.272 e. The molecule has 3 N–H and O–H groups in total. The van der Waals surface area contributed by atoms with Crippen molar-refractivity contribution in [3.05, 3.63) is 73.2 Å². The van der Waals surface area contributed by atoms with Crippen LogP contribution >= 0.6 is 45.8 Å². The Hall–Kier alpha value is -2.63. The zero-order valence-electron chi connectivity index (χ0n) is 16.3. The third kappa shape index (κ3) is 5.35. The fraction of sp³-hybridized carbons (Fsp3) is 0.100. The molecule has 0 aliphatic carbocycles. The summed E-state index contributed by atoms with van der Waals surface area (Å²) in [5, 5.41) is 3.45. The summed E-state index contributed by atoms with van der Waals surface area (Å²) in [5.74, 6) is -1.16. The number of anilines is 1. The minimum absolute atomic E-state index is 0.0933. The number of nitrogens with zero attached hydrogens (tertiary/aromatic N) is 2. The fourth-order valence-electron chi connectivity index (χ4n) is 2.81. The summed E-state index contributed by atoms with van der Waals surface area (Å²) in [4.78, 5) is 41.1. The highest BCUT2D eigenvalue weighted by Gasteiger charge is 2.21. The summed E-state index contributed by atoms with van der Waals surface area (Å²) in [5.41, 5.74) is 5.67. The third-order valence-corrected chi connectivity index (χ3v) is 5.23. The summed E-state index contributed by atoms with van der Waals surface area (Å²) in [6.45, 7) is 2.96. The van der Waals surface area contributed by atoms with Crippen molar-refractivity contribution in [1.29, 1.82) is 0 Å². The molecule has 2 aromatic heterocycles. The van der Waals surface area contributed by atoms with Gasteiger partial charge in [0, 0.05) is 27.9 Å². The van der Waals surface area contributed by atoms with Crippen LogP contribution in [0, 0.1) is 10.5 Å². The van der Waals surface area contributed by atoms with Crippen molar-refractivity contribution in [2.24, 2.45) is 0 Å². The molecule has 31 heavy (non-hydrogen) atoms. The molecule has 0 aliphatic rings. The lowest BCUT2D eigenvalue weighted by Crippen LogP contribution is -2.40. The van der Waals surface area contributed by atoms with Crippen LogP contribution in [0.3, 0.4) is 0 Å². The van der Waals surface area contributed by atoms with Gasteiger partial charge in [-0.15, -0.1) is 0 Å². The maximum absolute atomic E-state index is 13.2. The first kappa shape index (κ1) is 23.0. The van der Waals surface area contributed by atoms with E-state index >= 15 is 0 Å². The van der Waals surface area contributed by atoms with Crippen molar-refractivity contribution < 1.29 is 14.4 Å². The van der Waals surface area contributed by atoms with Crippen LogP contribution in [0.1, 0.15) is 33.3 Å². The highest BCUT2D eigenvalue weighted by Crippen LogP contribution is 2.28. The quantitative estimate of drug-likeness (QED) is 0.323. The van der Waals surface area contributed by atoms with Crippen molar-refractivity contribution in [1.82, 2.24) is 20.4 Å². The summed E-state index contributed by atoms with van der Waals surface area (Å²) < 4.78 is 2.36. The van der Waals surface area contributed by atoms with Gasteiger partial charge in [0.2, 0.25) is 5.91 Å². The number of hydrogen-bond acceptors (Lipinski definition) is 4. The van der Waals surface area contributed by atoms with Crippen LogP contribution in [-0.4, -0.2) is 27.3 Å². The Balaban J connectivity index is 1.99. The van der Waals surface area contributed by atoms with Crippen molar-refractivity contribution in [2.45, 2.75) is 13.8 Å². The van der Waals surface area contributed by atoms with E-state index in [0.29, 0.717) is 21.4 Å². The molecule has 3 aromatic rings. The Morgan fingerprint density at radius 2 is 1.84 bits per heavy atom. The van der Waals surface area contributed by atoms with Crippen LogP contribution in [0.4, 0.5) is 5.69 Å². The summed E-state index contributed by atoms with van der Waals surface area (Å²) >= 11 is 14.4. The van der Waals surface area contributed by atoms with Crippen LogP contribution in [0.2, 0.25) is 10.0 Å². The molecule has 0 atom stereocenters. The second-order valence-corrected chi connectivity index (χ2v) is 8.55. The predicted octanol–water partition coefficient (Wildman–Crippen LogP) is 4.13. The molecule has 0 radical (unpaired) electrons. The Morgan fingerprint density at radius 1 is 1.10 bits per heavy atom. The molecule has 0 aliphatic heterocycles. The normalized spacial score (nSPS) is 10.5. The van der Waals surface area contributed by atoms with E-state index in [9.17, 15) is 14.4 Å². The molecule has 3 amide bonds. The fourth-order valence-corrected chi connectivity index (χ4v) is 3.87. The Labute approximate surface area is 201 Å². The van der Waals surface area contributed by atoms with Crippen molar-refractivity contribution in [3.63, 3.8) is 0 Å². The Kier molecular flexibility index (Phi) is 7.19. The molecule has 0 bridgehead atoms. The lowest BCUT2D eigenvalue weighted by atomic mass is 10.1. The van der Waals surface area contributed by atoms with E-state index < -0.39 is 17.7 Å². The zero-order valence-corrected chi connectivity index (χ0v) is 20.0.